The van der Waals surface area contributed by atoms with Crippen molar-refractivity contribution in [2.24, 2.45) is 0 Å². The largest absolute Gasteiger partial charge is 0.433 e. The van der Waals surface area contributed by atoms with Crippen LogP contribution < -0.4 is 5.32 Å². The molecule has 0 radical (unpaired) electrons. The zero-order valence-corrected chi connectivity index (χ0v) is 13.2. The number of hydrogen-bond acceptors (Lipinski definition) is 3. The maximum atomic E-state index is 12.6. The van der Waals surface area contributed by atoms with Crippen LogP contribution in [0.5, 0.6) is 0 Å². The molecule has 2 rings (SSSR count). The number of hydrogen-bond donors (Lipinski definition) is 1. The number of halogens is 4. The zero-order chi connectivity index (χ0) is 15.6. The maximum absolute atomic E-state index is 12.6. The van der Waals surface area contributed by atoms with E-state index in [9.17, 15) is 18.0 Å². The summed E-state index contributed by atoms with van der Waals surface area (Å²) in [6, 6.07) is 2.31. The van der Waals surface area contributed by atoms with Crippen molar-refractivity contribution >= 4 is 18.3 Å². The van der Waals surface area contributed by atoms with Crippen molar-refractivity contribution in [3.05, 3.63) is 29.1 Å². The lowest BCUT2D eigenvalue weighted by Crippen LogP contribution is -2.47. The van der Waals surface area contributed by atoms with E-state index in [2.05, 4.69) is 10.3 Å². The maximum Gasteiger partial charge on any atom is 0.433 e. The number of aryl methyl sites for hydroxylation is 1. The zero-order valence-electron chi connectivity index (χ0n) is 12.4. The molecule has 1 aromatic rings. The number of likely N-dealkylation sites (tertiary alicyclic amines) is 1. The number of aromatic nitrogens is 1. The number of nitrogens with one attached hydrogen (secondary N) is 1. The van der Waals surface area contributed by atoms with Gasteiger partial charge in [-0.2, -0.15) is 13.2 Å². The first-order chi connectivity index (χ1) is 9.82. The van der Waals surface area contributed by atoms with E-state index in [1.165, 1.54) is 13.0 Å². The van der Waals surface area contributed by atoms with Gasteiger partial charge in [0.15, 0.2) is 0 Å². The Labute approximate surface area is 133 Å². The monoisotopic (exact) mass is 337 g/mol. The Morgan fingerprint density at radius 3 is 2.64 bits per heavy atom. The fourth-order valence-corrected chi connectivity index (χ4v) is 2.51. The second kappa shape index (κ2) is 7.28. The lowest BCUT2D eigenvalue weighted by atomic mass is 10.0. The molecule has 4 nitrogen and oxygen atoms in total. The number of amides is 1. The number of rotatable bonds is 2. The number of piperidine rings is 1. The van der Waals surface area contributed by atoms with Crippen LogP contribution in [0.25, 0.3) is 0 Å². The molecule has 0 aromatic carbocycles. The minimum Gasteiger partial charge on any atom is -0.337 e. The van der Waals surface area contributed by atoms with Gasteiger partial charge in [-0.15, -0.1) is 12.4 Å². The first kappa shape index (κ1) is 18.7. The van der Waals surface area contributed by atoms with Crippen molar-refractivity contribution < 1.29 is 18.0 Å². The average molecular weight is 338 g/mol. The fourth-order valence-electron chi connectivity index (χ4n) is 2.51. The van der Waals surface area contributed by atoms with Gasteiger partial charge in [-0.25, -0.2) is 4.98 Å². The Hall–Kier alpha value is -1.34. The van der Waals surface area contributed by atoms with Crippen LogP contribution in [-0.4, -0.2) is 42.0 Å². The molecule has 1 saturated heterocycles. The first-order valence-electron chi connectivity index (χ1n) is 6.84. The van der Waals surface area contributed by atoms with Gasteiger partial charge in [-0.05, 0) is 38.9 Å². The van der Waals surface area contributed by atoms with Gasteiger partial charge in [0.1, 0.15) is 5.69 Å². The number of alkyl halides is 3. The van der Waals surface area contributed by atoms with Crippen molar-refractivity contribution in [3.63, 3.8) is 0 Å². The summed E-state index contributed by atoms with van der Waals surface area (Å²) in [7, 11) is 1.84. The molecule has 1 unspecified atom stereocenters. The van der Waals surface area contributed by atoms with Gasteiger partial charge in [0.2, 0.25) is 0 Å². The third-order valence-corrected chi connectivity index (χ3v) is 3.72. The molecule has 1 N–H and O–H groups in total. The molecule has 0 bridgehead atoms. The van der Waals surface area contributed by atoms with Crippen molar-refractivity contribution in [3.8, 4) is 0 Å². The predicted molar refractivity (Wildman–Crippen MR) is 79.2 cm³/mol. The number of carbonyl (C=O) groups is 1. The predicted octanol–water partition coefficient (Wildman–Crippen LogP) is 2.65. The molecule has 1 amide bonds. The highest BCUT2D eigenvalue weighted by Gasteiger charge is 2.33. The second-order valence-corrected chi connectivity index (χ2v) is 5.21. The van der Waals surface area contributed by atoms with Gasteiger partial charge in [0.25, 0.3) is 5.91 Å². The van der Waals surface area contributed by atoms with Crippen molar-refractivity contribution in [1.82, 2.24) is 15.2 Å². The Kier molecular flexibility index (Phi) is 6.19. The summed E-state index contributed by atoms with van der Waals surface area (Å²) in [5.74, 6) is -0.256. The molecule has 0 aliphatic carbocycles. The minimum atomic E-state index is -4.49. The first-order valence-corrected chi connectivity index (χ1v) is 6.84. The summed E-state index contributed by atoms with van der Waals surface area (Å²) in [6.07, 6.45) is -2.62. The highest BCUT2D eigenvalue weighted by Crippen LogP contribution is 2.28. The van der Waals surface area contributed by atoms with Gasteiger partial charge >= 0.3 is 6.18 Å². The van der Waals surface area contributed by atoms with Crippen LogP contribution in [0.3, 0.4) is 0 Å². The van der Waals surface area contributed by atoms with E-state index in [1.807, 2.05) is 7.05 Å². The molecule has 2 heterocycles. The van der Waals surface area contributed by atoms with E-state index in [1.54, 1.807) is 4.90 Å². The molecule has 1 aliphatic rings. The number of likely N-dealkylation sites (N-methyl/N-ethyl adjacent to an activating group) is 1. The van der Waals surface area contributed by atoms with E-state index in [-0.39, 0.29) is 35.6 Å². The summed E-state index contributed by atoms with van der Waals surface area (Å²) in [6.45, 7) is 2.62. The molecular formula is C14H19ClF3N3O. The highest BCUT2D eigenvalue weighted by molar-refractivity contribution is 5.95. The smallest absolute Gasteiger partial charge is 0.337 e. The van der Waals surface area contributed by atoms with Crippen LogP contribution in [-0.2, 0) is 6.18 Å². The summed E-state index contributed by atoms with van der Waals surface area (Å²) in [5.41, 5.74) is -0.621. The summed E-state index contributed by atoms with van der Waals surface area (Å²) in [5, 5.41) is 3.13. The molecule has 1 atom stereocenters. The SMILES string of the molecule is CNC1CCCN(C(=O)c2ccc(C(F)(F)F)nc2C)C1.Cl. The molecule has 22 heavy (non-hydrogen) atoms. The molecule has 1 fully saturated rings. The van der Waals surface area contributed by atoms with Crippen molar-refractivity contribution in [1.29, 1.82) is 0 Å². The van der Waals surface area contributed by atoms with E-state index < -0.39 is 11.9 Å². The fraction of sp³-hybridized carbons (Fsp3) is 0.571. The summed E-state index contributed by atoms with van der Waals surface area (Å²) in [4.78, 5) is 17.6. The van der Waals surface area contributed by atoms with Crippen LogP contribution in [0.15, 0.2) is 12.1 Å². The number of pyridine rings is 1. The second-order valence-electron chi connectivity index (χ2n) is 5.21. The molecule has 124 valence electrons. The Morgan fingerprint density at radius 2 is 2.09 bits per heavy atom. The van der Waals surface area contributed by atoms with E-state index in [0.717, 1.165) is 18.9 Å². The van der Waals surface area contributed by atoms with Crippen LogP contribution in [0.4, 0.5) is 13.2 Å². The molecule has 1 aromatic heterocycles. The molecular weight excluding hydrogens is 319 g/mol. The highest BCUT2D eigenvalue weighted by atomic mass is 35.5. The lowest BCUT2D eigenvalue weighted by Gasteiger charge is -2.32. The Morgan fingerprint density at radius 1 is 1.41 bits per heavy atom. The quantitative estimate of drug-likeness (QED) is 0.902. The average Bonchev–Trinajstić information content (AvgIpc) is 2.45. The van der Waals surface area contributed by atoms with Crippen LogP contribution >= 0.6 is 12.4 Å². The van der Waals surface area contributed by atoms with Crippen LogP contribution in [0, 0.1) is 6.92 Å². The third kappa shape index (κ3) is 4.10. The van der Waals surface area contributed by atoms with E-state index in [4.69, 9.17) is 0 Å². The Bertz CT molecular complexity index is 537. The molecule has 8 heteroatoms. The normalized spacial score (nSPS) is 18.8. The molecule has 1 aliphatic heterocycles. The van der Waals surface area contributed by atoms with Crippen molar-refractivity contribution in [2.45, 2.75) is 32.0 Å². The van der Waals surface area contributed by atoms with Gasteiger partial charge in [0, 0.05) is 19.1 Å². The van der Waals surface area contributed by atoms with Gasteiger partial charge in [-0.3, -0.25) is 4.79 Å². The Balaban J connectivity index is 0.00000242. The summed E-state index contributed by atoms with van der Waals surface area (Å²) < 4.78 is 37.8. The lowest BCUT2D eigenvalue weighted by molar-refractivity contribution is -0.141. The summed E-state index contributed by atoms with van der Waals surface area (Å²) >= 11 is 0. The topological polar surface area (TPSA) is 45.2 Å². The van der Waals surface area contributed by atoms with Crippen molar-refractivity contribution in [2.75, 3.05) is 20.1 Å². The van der Waals surface area contributed by atoms with Gasteiger partial charge < -0.3 is 10.2 Å². The van der Waals surface area contributed by atoms with Crippen LogP contribution in [0.2, 0.25) is 0 Å². The van der Waals surface area contributed by atoms with Gasteiger partial charge in [-0.1, -0.05) is 0 Å². The minimum absolute atomic E-state index is 0. The van der Waals surface area contributed by atoms with E-state index in [0.29, 0.717) is 13.1 Å². The number of nitrogens with zero attached hydrogens (tertiary/aromatic N) is 2. The third-order valence-electron chi connectivity index (χ3n) is 3.72. The van der Waals surface area contributed by atoms with Crippen LogP contribution in [0.1, 0.15) is 34.6 Å². The van der Waals surface area contributed by atoms with Gasteiger partial charge in [0.05, 0.1) is 11.3 Å². The standard InChI is InChI=1S/C14H18F3N3O.ClH/c1-9-11(5-6-12(19-9)14(15,16)17)13(21)20-7-3-4-10(8-20)18-2;/h5-6,10,18H,3-4,7-8H2,1-2H3;1H. The van der Waals surface area contributed by atoms with E-state index >= 15 is 0 Å². The number of carbonyl (C=O) groups excluding carboxylic acids is 1. The molecule has 0 saturated carbocycles. The molecule has 0 spiro atoms.